The Morgan fingerprint density at radius 2 is 2.36 bits per heavy atom. The number of amides is 1. The van der Waals surface area contributed by atoms with Crippen molar-refractivity contribution in [2.45, 2.75) is 19.1 Å². The molecule has 0 aromatic carbocycles. The van der Waals surface area contributed by atoms with E-state index >= 15 is 0 Å². The molecule has 0 aliphatic carbocycles. The summed E-state index contributed by atoms with van der Waals surface area (Å²) in [7, 11) is 1.59. The van der Waals surface area contributed by atoms with Gasteiger partial charge >= 0.3 is 0 Å². The van der Waals surface area contributed by atoms with Gasteiger partial charge in [0.2, 0.25) is 10.9 Å². The summed E-state index contributed by atoms with van der Waals surface area (Å²) < 4.78 is 6.19. The monoisotopic (exact) mass is 342 g/mol. The van der Waals surface area contributed by atoms with Crippen LogP contribution in [0.2, 0.25) is 0 Å². The molecule has 0 aliphatic rings. The Kier molecular flexibility index (Phi) is 6.34. The maximum atomic E-state index is 12.0. The summed E-state index contributed by atoms with van der Waals surface area (Å²) in [5.41, 5.74) is 0.493. The van der Waals surface area contributed by atoms with Crippen molar-refractivity contribution in [1.29, 1.82) is 0 Å². The van der Waals surface area contributed by atoms with Crippen molar-refractivity contribution >= 4 is 34.0 Å². The van der Waals surface area contributed by atoms with E-state index in [0.717, 1.165) is 11.4 Å². The first kappa shape index (κ1) is 16.9. The molecule has 0 atom stereocenters. The molecule has 0 bridgehead atoms. The van der Waals surface area contributed by atoms with Crippen molar-refractivity contribution in [2.24, 2.45) is 0 Å². The van der Waals surface area contributed by atoms with E-state index in [1.807, 2.05) is 6.92 Å². The van der Waals surface area contributed by atoms with Gasteiger partial charge in [-0.2, -0.15) is 9.61 Å². The summed E-state index contributed by atoms with van der Waals surface area (Å²) in [5.74, 6) is 0.794. The third kappa shape index (κ3) is 4.52. The van der Waals surface area contributed by atoms with Crippen molar-refractivity contribution in [3.63, 3.8) is 0 Å². The standard InChI is InChI=1S/C13H18N4O3S2/c1-3-11-16-17-12(19)6-9(15-13(17)22-11)7-21-8-10(18)14-4-5-20-2/h6H,3-5,7-8H2,1-2H3,(H,14,18). The van der Waals surface area contributed by atoms with Crippen LogP contribution in [-0.2, 0) is 21.7 Å². The second-order valence-corrected chi connectivity index (χ2v) is 6.49. The maximum absolute atomic E-state index is 12.0. The van der Waals surface area contributed by atoms with Gasteiger partial charge in [0.1, 0.15) is 5.01 Å². The molecule has 0 saturated heterocycles. The lowest BCUT2D eigenvalue weighted by Crippen LogP contribution is -2.28. The lowest BCUT2D eigenvalue weighted by molar-refractivity contribution is -0.118. The van der Waals surface area contributed by atoms with Gasteiger partial charge in [-0.3, -0.25) is 9.59 Å². The highest BCUT2D eigenvalue weighted by atomic mass is 32.2. The average molecular weight is 342 g/mol. The van der Waals surface area contributed by atoms with Crippen LogP contribution in [0.5, 0.6) is 0 Å². The molecule has 9 heteroatoms. The summed E-state index contributed by atoms with van der Waals surface area (Å²) in [6.07, 6.45) is 0.777. The normalized spacial score (nSPS) is 11.0. The summed E-state index contributed by atoms with van der Waals surface area (Å²) in [6.45, 7) is 2.99. The highest BCUT2D eigenvalue weighted by Crippen LogP contribution is 2.14. The van der Waals surface area contributed by atoms with Gasteiger partial charge in [0.25, 0.3) is 5.56 Å². The SMILES string of the molecule is CCc1nn2c(=O)cc(CSCC(=O)NCCOC)nc2s1. The van der Waals surface area contributed by atoms with Gasteiger partial charge in [-0.15, -0.1) is 11.8 Å². The largest absolute Gasteiger partial charge is 0.383 e. The molecule has 0 aliphatic heterocycles. The third-order valence-corrected chi connectivity index (χ3v) is 4.77. The Labute approximate surface area is 136 Å². The number of hydrogen-bond donors (Lipinski definition) is 1. The van der Waals surface area contributed by atoms with Crippen LogP contribution < -0.4 is 10.9 Å². The number of carbonyl (C=O) groups is 1. The van der Waals surface area contributed by atoms with Crippen LogP contribution in [0.3, 0.4) is 0 Å². The van der Waals surface area contributed by atoms with Gasteiger partial charge in [-0.25, -0.2) is 4.98 Å². The molecule has 2 aromatic heterocycles. The number of methoxy groups -OCH3 is 1. The summed E-state index contributed by atoms with van der Waals surface area (Å²) >= 11 is 2.84. The minimum atomic E-state index is -0.180. The second-order valence-electron chi connectivity index (χ2n) is 4.46. The molecule has 0 radical (unpaired) electrons. The highest BCUT2D eigenvalue weighted by Gasteiger charge is 2.09. The number of aromatic nitrogens is 3. The minimum absolute atomic E-state index is 0.0501. The highest BCUT2D eigenvalue weighted by molar-refractivity contribution is 7.99. The van der Waals surface area contributed by atoms with Crippen LogP contribution in [-0.4, -0.2) is 46.5 Å². The molecule has 1 amide bonds. The average Bonchev–Trinajstić information content (AvgIpc) is 2.91. The van der Waals surface area contributed by atoms with Crippen LogP contribution in [0.1, 0.15) is 17.6 Å². The smallest absolute Gasteiger partial charge is 0.275 e. The van der Waals surface area contributed by atoms with Crippen molar-refractivity contribution in [3.05, 3.63) is 27.1 Å². The fraction of sp³-hybridized carbons (Fsp3) is 0.538. The second kappa shape index (κ2) is 8.25. The molecular weight excluding hydrogens is 324 g/mol. The predicted molar refractivity (Wildman–Crippen MR) is 87.6 cm³/mol. The number of nitrogens with zero attached hydrogens (tertiary/aromatic N) is 3. The van der Waals surface area contributed by atoms with E-state index in [9.17, 15) is 9.59 Å². The van der Waals surface area contributed by atoms with E-state index in [4.69, 9.17) is 4.74 Å². The van der Waals surface area contributed by atoms with Crippen molar-refractivity contribution in [2.75, 3.05) is 26.0 Å². The Morgan fingerprint density at radius 1 is 1.55 bits per heavy atom. The Bertz CT molecular complexity index is 698. The summed E-state index contributed by atoms with van der Waals surface area (Å²) in [4.78, 5) is 28.5. The molecule has 0 unspecified atom stereocenters. The predicted octanol–water partition coefficient (Wildman–Crippen LogP) is 0.709. The number of hydrogen-bond acceptors (Lipinski definition) is 7. The van der Waals surface area contributed by atoms with E-state index in [2.05, 4.69) is 15.4 Å². The van der Waals surface area contributed by atoms with Crippen molar-refractivity contribution < 1.29 is 9.53 Å². The van der Waals surface area contributed by atoms with E-state index in [1.165, 1.54) is 33.7 Å². The molecule has 7 nitrogen and oxygen atoms in total. The summed E-state index contributed by atoms with van der Waals surface area (Å²) in [5, 5.41) is 7.82. The van der Waals surface area contributed by atoms with E-state index in [-0.39, 0.29) is 11.5 Å². The molecule has 0 spiro atoms. The Balaban J connectivity index is 1.92. The minimum Gasteiger partial charge on any atom is -0.383 e. The van der Waals surface area contributed by atoms with Crippen molar-refractivity contribution in [1.82, 2.24) is 19.9 Å². The molecule has 120 valence electrons. The maximum Gasteiger partial charge on any atom is 0.275 e. The Hall–Kier alpha value is -1.45. The number of aryl methyl sites for hydroxylation is 1. The molecular formula is C13H18N4O3S2. The zero-order valence-electron chi connectivity index (χ0n) is 12.5. The van der Waals surface area contributed by atoms with Crippen molar-refractivity contribution in [3.8, 4) is 0 Å². The van der Waals surface area contributed by atoms with Crippen LogP contribution in [0.15, 0.2) is 10.9 Å². The Morgan fingerprint density at radius 3 is 3.09 bits per heavy atom. The quantitative estimate of drug-likeness (QED) is 0.711. The molecule has 2 heterocycles. The number of nitrogens with one attached hydrogen (secondary N) is 1. The van der Waals surface area contributed by atoms with Gasteiger partial charge in [-0.05, 0) is 6.42 Å². The van der Waals surface area contributed by atoms with E-state index in [0.29, 0.717) is 35.3 Å². The van der Waals surface area contributed by atoms with Gasteiger partial charge < -0.3 is 10.1 Å². The lowest BCUT2D eigenvalue weighted by Gasteiger charge is -2.04. The van der Waals surface area contributed by atoms with Crippen LogP contribution in [0, 0.1) is 0 Å². The van der Waals surface area contributed by atoms with Gasteiger partial charge in [0.05, 0.1) is 18.1 Å². The zero-order chi connectivity index (χ0) is 15.9. The number of fused-ring (bicyclic) bond motifs is 1. The number of rotatable bonds is 8. The molecule has 2 aromatic rings. The van der Waals surface area contributed by atoms with E-state index in [1.54, 1.807) is 7.11 Å². The van der Waals surface area contributed by atoms with Gasteiger partial charge in [-0.1, -0.05) is 18.3 Å². The third-order valence-electron chi connectivity index (χ3n) is 2.75. The molecule has 0 fully saturated rings. The first-order valence-electron chi connectivity index (χ1n) is 6.86. The molecule has 22 heavy (non-hydrogen) atoms. The van der Waals surface area contributed by atoms with Crippen LogP contribution >= 0.6 is 23.1 Å². The topological polar surface area (TPSA) is 85.6 Å². The number of carbonyl (C=O) groups excluding carboxylic acids is 1. The number of ether oxygens (including phenoxy) is 1. The van der Waals surface area contributed by atoms with Gasteiger partial charge in [0.15, 0.2) is 0 Å². The fourth-order valence-electron chi connectivity index (χ4n) is 1.70. The van der Waals surface area contributed by atoms with Crippen LogP contribution in [0.25, 0.3) is 4.96 Å². The van der Waals surface area contributed by atoms with Gasteiger partial charge in [0, 0.05) is 25.5 Å². The first-order chi connectivity index (χ1) is 10.6. The first-order valence-corrected chi connectivity index (χ1v) is 8.83. The van der Waals surface area contributed by atoms with Crippen LogP contribution in [0.4, 0.5) is 0 Å². The molecule has 1 N–H and O–H groups in total. The zero-order valence-corrected chi connectivity index (χ0v) is 14.1. The summed E-state index contributed by atoms with van der Waals surface area (Å²) in [6, 6.07) is 1.47. The van der Waals surface area contributed by atoms with E-state index < -0.39 is 0 Å². The number of thioether (sulfide) groups is 1. The fourth-order valence-corrected chi connectivity index (χ4v) is 3.31. The molecule has 2 rings (SSSR count). The molecule has 0 saturated carbocycles. The lowest BCUT2D eigenvalue weighted by atomic mass is 10.4.